The zero-order chi connectivity index (χ0) is 10.8. The molecule has 0 radical (unpaired) electrons. The van der Waals surface area contributed by atoms with Gasteiger partial charge in [0.1, 0.15) is 11.5 Å². The molecule has 76 valence electrons. The number of aldehydes is 1. The summed E-state index contributed by atoms with van der Waals surface area (Å²) in [6.45, 7) is 0. The van der Waals surface area contributed by atoms with E-state index in [2.05, 4.69) is 15.3 Å². The van der Waals surface area contributed by atoms with Gasteiger partial charge in [-0.2, -0.15) is 0 Å². The van der Waals surface area contributed by atoms with Gasteiger partial charge in [-0.3, -0.25) is 10.1 Å². The van der Waals surface area contributed by atoms with Gasteiger partial charge in [-0.25, -0.2) is 9.78 Å². The predicted octanol–water partition coefficient (Wildman–Crippen LogP) is 0.866. The summed E-state index contributed by atoms with van der Waals surface area (Å²) >= 11 is 0. The molecule has 15 heavy (non-hydrogen) atoms. The highest BCUT2D eigenvalue weighted by molar-refractivity contribution is 5.97. The number of fused-ring (bicyclic) bond motifs is 1. The normalized spacial score (nSPS) is 10.1. The summed E-state index contributed by atoms with van der Waals surface area (Å²) in [6.07, 6.45) is 2.29. The van der Waals surface area contributed by atoms with Gasteiger partial charge in [0.15, 0.2) is 6.29 Å². The van der Waals surface area contributed by atoms with E-state index < -0.39 is 6.03 Å². The highest BCUT2D eigenvalue weighted by Crippen LogP contribution is 2.17. The Hall–Kier alpha value is -2.37. The van der Waals surface area contributed by atoms with Crippen LogP contribution in [0.15, 0.2) is 18.3 Å². The van der Waals surface area contributed by atoms with Crippen molar-refractivity contribution in [3.05, 3.63) is 23.9 Å². The molecular formula is C9H8N4O2. The third-order valence-corrected chi connectivity index (χ3v) is 1.95. The second-order valence-corrected chi connectivity index (χ2v) is 2.94. The lowest BCUT2D eigenvalue weighted by Crippen LogP contribution is -2.19. The van der Waals surface area contributed by atoms with Crippen molar-refractivity contribution in [3.8, 4) is 0 Å². The SMILES string of the molecule is NC(=O)Nc1ccc2c(C=O)c[nH]c2n1. The number of aromatic amines is 1. The molecule has 2 aromatic rings. The largest absolute Gasteiger partial charge is 0.351 e. The molecule has 2 heterocycles. The zero-order valence-corrected chi connectivity index (χ0v) is 7.65. The standard InChI is InChI=1S/C9H8N4O2/c10-9(15)13-7-2-1-6-5(4-14)3-11-8(6)12-7/h1-4H,(H4,10,11,12,13,15). The van der Waals surface area contributed by atoms with Crippen molar-refractivity contribution in [2.24, 2.45) is 5.73 Å². The molecule has 2 aromatic heterocycles. The van der Waals surface area contributed by atoms with Crippen LogP contribution in [0.4, 0.5) is 10.6 Å². The molecule has 0 aliphatic rings. The fraction of sp³-hybridized carbons (Fsp3) is 0. The van der Waals surface area contributed by atoms with E-state index >= 15 is 0 Å². The topological polar surface area (TPSA) is 101 Å². The van der Waals surface area contributed by atoms with Crippen molar-refractivity contribution in [2.75, 3.05) is 5.32 Å². The van der Waals surface area contributed by atoms with Crippen molar-refractivity contribution >= 4 is 29.2 Å². The van der Waals surface area contributed by atoms with Gasteiger partial charge in [0, 0.05) is 17.1 Å². The summed E-state index contributed by atoms with van der Waals surface area (Å²) < 4.78 is 0. The minimum atomic E-state index is -0.677. The average molecular weight is 204 g/mol. The highest BCUT2D eigenvalue weighted by atomic mass is 16.2. The van der Waals surface area contributed by atoms with E-state index in [-0.39, 0.29) is 0 Å². The van der Waals surface area contributed by atoms with E-state index in [1.807, 2.05) is 0 Å². The summed E-state index contributed by atoms with van der Waals surface area (Å²) in [5.74, 6) is 0.342. The molecule has 0 aliphatic carbocycles. The van der Waals surface area contributed by atoms with E-state index in [1.54, 1.807) is 18.3 Å². The van der Waals surface area contributed by atoms with Gasteiger partial charge in [0.25, 0.3) is 0 Å². The number of pyridine rings is 1. The van der Waals surface area contributed by atoms with Crippen LogP contribution in [-0.4, -0.2) is 22.3 Å². The van der Waals surface area contributed by atoms with E-state index in [0.29, 0.717) is 22.4 Å². The number of aromatic nitrogens is 2. The maximum Gasteiger partial charge on any atom is 0.317 e. The Bertz CT molecular complexity index is 532. The molecule has 0 aromatic carbocycles. The molecule has 6 heteroatoms. The second-order valence-electron chi connectivity index (χ2n) is 2.94. The van der Waals surface area contributed by atoms with Crippen molar-refractivity contribution in [2.45, 2.75) is 0 Å². The number of hydrogen-bond acceptors (Lipinski definition) is 3. The van der Waals surface area contributed by atoms with Crippen LogP contribution in [-0.2, 0) is 0 Å². The van der Waals surface area contributed by atoms with Gasteiger partial charge in [-0.05, 0) is 12.1 Å². The predicted molar refractivity (Wildman–Crippen MR) is 54.7 cm³/mol. The quantitative estimate of drug-likeness (QED) is 0.632. The number of hydrogen-bond donors (Lipinski definition) is 3. The summed E-state index contributed by atoms with van der Waals surface area (Å²) in [5, 5.41) is 3.05. The Morgan fingerprint density at radius 2 is 2.33 bits per heavy atom. The molecule has 0 bridgehead atoms. The number of nitrogens with two attached hydrogens (primary N) is 1. The lowest BCUT2D eigenvalue weighted by molar-refractivity contribution is 0.112. The van der Waals surface area contributed by atoms with Crippen LogP contribution < -0.4 is 11.1 Å². The Morgan fingerprint density at radius 3 is 3.00 bits per heavy atom. The van der Waals surface area contributed by atoms with Gasteiger partial charge < -0.3 is 10.7 Å². The Morgan fingerprint density at radius 1 is 1.53 bits per heavy atom. The van der Waals surface area contributed by atoms with Crippen LogP contribution in [0.25, 0.3) is 11.0 Å². The summed E-state index contributed by atoms with van der Waals surface area (Å²) in [7, 11) is 0. The summed E-state index contributed by atoms with van der Waals surface area (Å²) in [6, 6.07) is 2.59. The van der Waals surface area contributed by atoms with Gasteiger partial charge >= 0.3 is 6.03 Å². The molecule has 0 saturated carbocycles. The first kappa shape index (κ1) is 9.20. The van der Waals surface area contributed by atoms with E-state index in [4.69, 9.17) is 5.73 Å². The van der Waals surface area contributed by atoms with E-state index in [0.717, 1.165) is 6.29 Å². The van der Waals surface area contributed by atoms with E-state index in [9.17, 15) is 9.59 Å². The van der Waals surface area contributed by atoms with Crippen molar-refractivity contribution in [1.29, 1.82) is 0 Å². The Labute approximate surface area is 84.5 Å². The minimum absolute atomic E-state index is 0.342. The first-order valence-electron chi connectivity index (χ1n) is 4.20. The maximum atomic E-state index is 10.6. The van der Waals surface area contributed by atoms with Gasteiger partial charge in [-0.1, -0.05) is 0 Å². The molecule has 2 amide bonds. The van der Waals surface area contributed by atoms with Crippen molar-refractivity contribution in [3.63, 3.8) is 0 Å². The van der Waals surface area contributed by atoms with Crippen LogP contribution in [0.2, 0.25) is 0 Å². The third-order valence-electron chi connectivity index (χ3n) is 1.95. The van der Waals surface area contributed by atoms with Gasteiger partial charge in [-0.15, -0.1) is 0 Å². The van der Waals surface area contributed by atoms with Gasteiger partial charge in [0.2, 0.25) is 0 Å². The third kappa shape index (κ3) is 1.64. The number of rotatable bonds is 2. The monoisotopic (exact) mass is 204 g/mol. The Kier molecular flexibility index (Phi) is 2.09. The number of carbonyl (C=O) groups is 2. The first-order chi connectivity index (χ1) is 7.20. The molecule has 2 rings (SSSR count). The van der Waals surface area contributed by atoms with E-state index in [1.165, 1.54) is 0 Å². The number of carbonyl (C=O) groups excluding carboxylic acids is 2. The number of nitrogens with one attached hydrogen (secondary N) is 2. The van der Waals surface area contributed by atoms with Gasteiger partial charge in [0.05, 0.1) is 0 Å². The molecule has 6 nitrogen and oxygen atoms in total. The number of urea groups is 1. The molecule has 0 fully saturated rings. The number of H-pyrrole nitrogens is 1. The molecule has 0 unspecified atom stereocenters. The molecular weight excluding hydrogens is 196 g/mol. The lowest BCUT2D eigenvalue weighted by Gasteiger charge is -1.99. The molecule has 0 spiro atoms. The molecule has 0 saturated heterocycles. The smallest absolute Gasteiger partial charge is 0.317 e. The zero-order valence-electron chi connectivity index (χ0n) is 7.65. The molecule has 4 N–H and O–H groups in total. The first-order valence-corrected chi connectivity index (χ1v) is 4.20. The highest BCUT2D eigenvalue weighted by Gasteiger charge is 2.05. The fourth-order valence-corrected chi connectivity index (χ4v) is 1.32. The molecule has 0 atom stereocenters. The molecule has 0 aliphatic heterocycles. The summed E-state index contributed by atoms with van der Waals surface area (Å²) in [5.41, 5.74) is 6.01. The number of nitrogens with zero attached hydrogens (tertiary/aromatic N) is 1. The van der Waals surface area contributed by atoms with Crippen LogP contribution in [0.5, 0.6) is 0 Å². The number of anilines is 1. The van der Waals surface area contributed by atoms with Crippen LogP contribution in [0.3, 0.4) is 0 Å². The average Bonchev–Trinajstić information content (AvgIpc) is 2.58. The summed E-state index contributed by atoms with van der Waals surface area (Å²) in [4.78, 5) is 28.1. The van der Waals surface area contributed by atoms with Crippen molar-refractivity contribution in [1.82, 2.24) is 9.97 Å². The second kappa shape index (κ2) is 3.41. The number of amides is 2. The maximum absolute atomic E-state index is 10.6. The fourth-order valence-electron chi connectivity index (χ4n) is 1.32. The van der Waals surface area contributed by atoms with Crippen LogP contribution in [0.1, 0.15) is 10.4 Å². The Balaban J connectivity index is 2.48. The number of primary amides is 1. The lowest BCUT2D eigenvalue weighted by atomic mass is 10.2. The van der Waals surface area contributed by atoms with Crippen molar-refractivity contribution < 1.29 is 9.59 Å². The van der Waals surface area contributed by atoms with Crippen LogP contribution in [0, 0.1) is 0 Å². The minimum Gasteiger partial charge on any atom is -0.351 e. The van der Waals surface area contributed by atoms with Crippen LogP contribution >= 0.6 is 0 Å².